The van der Waals surface area contributed by atoms with Gasteiger partial charge in [0.1, 0.15) is 0 Å². The largest absolute Gasteiger partial charge is 0.407 e. The highest BCUT2D eigenvalue weighted by molar-refractivity contribution is 5.29. The summed E-state index contributed by atoms with van der Waals surface area (Å²) in [6.45, 7) is 0.887. The zero-order valence-corrected chi connectivity index (χ0v) is 7.89. The third-order valence-corrected chi connectivity index (χ3v) is 2.21. The SMILES string of the molecule is NCc1nnc(N(CCO)C2CC2)o1. The molecule has 0 unspecified atom stereocenters. The number of rotatable bonds is 5. The lowest BCUT2D eigenvalue weighted by Gasteiger charge is -2.17. The summed E-state index contributed by atoms with van der Waals surface area (Å²) in [5.74, 6) is 0.434. The van der Waals surface area contributed by atoms with E-state index in [1.807, 2.05) is 4.90 Å². The summed E-state index contributed by atoms with van der Waals surface area (Å²) in [5.41, 5.74) is 5.36. The summed E-state index contributed by atoms with van der Waals surface area (Å²) in [5, 5.41) is 16.6. The monoisotopic (exact) mass is 198 g/mol. The number of nitrogens with zero attached hydrogens (tertiary/aromatic N) is 3. The molecule has 0 bridgehead atoms. The molecule has 0 atom stereocenters. The fraction of sp³-hybridized carbons (Fsp3) is 0.750. The Bertz CT molecular complexity index is 297. The van der Waals surface area contributed by atoms with Crippen LogP contribution >= 0.6 is 0 Å². The van der Waals surface area contributed by atoms with Crippen LogP contribution in [0.15, 0.2) is 4.42 Å². The van der Waals surface area contributed by atoms with Gasteiger partial charge in [-0.25, -0.2) is 0 Å². The van der Waals surface area contributed by atoms with Crippen molar-refractivity contribution in [3.63, 3.8) is 0 Å². The first-order valence-electron chi connectivity index (χ1n) is 4.75. The Hall–Kier alpha value is -1.14. The number of nitrogens with two attached hydrogens (primary N) is 1. The second kappa shape index (κ2) is 3.93. The van der Waals surface area contributed by atoms with E-state index in [2.05, 4.69) is 10.2 Å². The number of hydrogen-bond donors (Lipinski definition) is 2. The molecule has 1 aliphatic rings. The molecule has 1 saturated carbocycles. The molecule has 0 aliphatic heterocycles. The topological polar surface area (TPSA) is 88.4 Å². The van der Waals surface area contributed by atoms with E-state index in [4.69, 9.17) is 15.3 Å². The lowest BCUT2D eigenvalue weighted by Crippen LogP contribution is -2.29. The molecule has 14 heavy (non-hydrogen) atoms. The molecular weight excluding hydrogens is 184 g/mol. The van der Waals surface area contributed by atoms with E-state index in [9.17, 15) is 0 Å². The van der Waals surface area contributed by atoms with Crippen LogP contribution in [-0.4, -0.2) is 34.5 Å². The smallest absolute Gasteiger partial charge is 0.318 e. The van der Waals surface area contributed by atoms with Gasteiger partial charge < -0.3 is 20.2 Å². The summed E-state index contributed by atoms with van der Waals surface area (Å²) in [7, 11) is 0. The zero-order valence-electron chi connectivity index (χ0n) is 7.89. The second-order valence-corrected chi connectivity index (χ2v) is 3.33. The van der Waals surface area contributed by atoms with Crippen LogP contribution < -0.4 is 10.6 Å². The third kappa shape index (κ3) is 1.85. The standard InChI is InChI=1S/C8H14N4O2/c9-5-7-10-11-8(14-7)12(3-4-13)6-1-2-6/h6,13H,1-5,9H2. The van der Waals surface area contributed by atoms with Gasteiger partial charge in [-0.1, -0.05) is 5.10 Å². The van der Waals surface area contributed by atoms with Gasteiger partial charge in [0, 0.05) is 12.6 Å². The van der Waals surface area contributed by atoms with Crippen molar-refractivity contribution in [1.82, 2.24) is 10.2 Å². The Labute approximate surface area is 81.7 Å². The molecule has 3 N–H and O–H groups in total. The second-order valence-electron chi connectivity index (χ2n) is 3.33. The van der Waals surface area contributed by atoms with Gasteiger partial charge in [0.25, 0.3) is 0 Å². The molecule has 1 aromatic heterocycles. The van der Waals surface area contributed by atoms with Crippen LogP contribution in [0.4, 0.5) is 6.01 Å². The van der Waals surface area contributed by atoms with Crippen LogP contribution in [0.2, 0.25) is 0 Å². The molecule has 1 heterocycles. The Morgan fingerprint density at radius 1 is 1.50 bits per heavy atom. The zero-order chi connectivity index (χ0) is 9.97. The maximum absolute atomic E-state index is 8.88. The Balaban J connectivity index is 2.08. The Morgan fingerprint density at radius 2 is 2.29 bits per heavy atom. The van der Waals surface area contributed by atoms with Crippen LogP contribution in [-0.2, 0) is 6.54 Å². The average molecular weight is 198 g/mol. The van der Waals surface area contributed by atoms with Crippen molar-refractivity contribution in [3.8, 4) is 0 Å². The average Bonchev–Trinajstić information content (AvgIpc) is 2.92. The lowest BCUT2D eigenvalue weighted by atomic mass is 10.5. The molecule has 6 heteroatoms. The molecule has 1 aliphatic carbocycles. The first-order chi connectivity index (χ1) is 6.85. The van der Waals surface area contributed by atoms with E-state index in [1.54, 1.807) is 0 Å². The van der Waals surface area contributed by atoms with Gasteiger partial charge in [-0.2, -0.15) is 0 Å². The Kier molecular flexibility index (Phi) is 2.64. The number of aromatic nitrogens is 2. The van der Waals surface area contributed by atoms with E-state index in [-0.39, 0.29) is 13.2 Å². The van der Waals surface area contributed by atoms with Crippen molar-refractivity contribution >= 4 is 6.01 Å². The van der Waals surface area contributed by atoms with Gasteiger partial charge in [0.15, 0.2) is 0 Å². The fourth-order valence-electron chi connectivity index (χ4n) is 1.37. The van der Waals surface area contributed by atoms with E-state index < -0.39 is 0 Å². The molecule has 6 nitrogen and oxygen atoms in total. The number of anilines is 1. The summed E-state index contributed by atoms with van der Waals surface area (Å²) >= 11 is 0. The van der Waals surface area contributed by atoms with E-state index >= 15 is 0 Å². The van der Waals surface area contributed by atoms with Crippen LogP contribution in [0, 0.1) is 0 Å². The predicted octanol–water partition coefficient (Wildman–Crippen LogP) is -0.511. The van der Waals surface area contributed by atoms with Crippen molar-refractivity contribution < 1.29 is 9.52 Å². The number of aliphatic hydroxyl groups is 1. The first-order valence-corrected chi connectivity index (χ1v) is 4.75. The first kappa shape index (κ1) is 9.42. The van der Waals surface area contributed by atoms with Crippen molar-refractivity contribution in [2.45, 2.75) is 25.4 Å². The minimum atomic E-state index is 0.0941. The van der Waals surface area contributed by atoms with E-state index in [0.717, 1.165) is 12.8 Å². The van der Waals surface area contributed by atoms with Crippen molar-refractivity contribution in [3.05, 3.63) is 5.89 Å². The predicted molar refractivity (Wildman–Crippen MR) is 49.6 cm³/mol. The molecule has 0 spiro atoms. The molecule has 1 aromatic rings. The number of hydrogen-bond acceptors (Lipinski definition) is 6. The van der Waals surface area contributed by atoms with Crippen LogP contribution in [0.1, 0.15) is 18.7 Å². The van der Waals surface area contributed by atoms with Crippen molar-refractivity contribution in [1.29, 1.82) is 0 Å². The van der Waals surface area contributed by atoms with Crippen LogP contribution in [0.3, 0.4) is 0 Å². The van der Waals surface area contributed by atoms with Gasteiger partial charge in [-0.05, 0) is 12.8 Å². The van der Waals surface area contributed by atoms with E-state index in [0.29, 0.717) is 24.5 Å². The lowest BCUT2D eigenvalue weighted by molar-refractivity contribution is 0.297. The summed E-state index contributed by atoms with van der Waals surface area (Å²) < 4.78 is 5.32. The van der Waals surface area contributed by atoms with Crippen molar-refractivity contribution in [2.24, 2.45) is 5.73 Å². The maximum atomic E-state index is 8.88. The van der Waals surface area contributed by atoms with Crippen LogP contribution in [0.5, 0.6) is 0 Å². The minimum Gasteiger partial charge on any atom is -0.407 e. The summed E-state index contributed by atoms with van der Waals surface area (Å²) in [6, 6.07) is 0.926. The highest BCUT2D eigenvalue weighted by atomic mass is 16.4. The quantitative estimate of drug-likeness (QED) is 0.662. The maximum Gasteiger partial charge on any atom is 0.318 e. The summed E-state index contributed by atoms with van der Waals surface area (Å²) in [6.07, 6.45) is 2.25. The minimum absolute atomic E-state index is 0.0941. The fourth-order valence-corrected chi connectivity index (χ4v) is 1.37. The number of aliphatic hydroxyl groups excluding tert-OH is 1. The Morgan fingerprint density at radius 3 is 2.79 bits per heavy atom. The third-order valence-electron chi connectivity index (χ3n) is 2.21. The molecule has 1 fully saturated rings. The van der Waals surface area contributed by atoms with Crippen molar-refractivity contribution in [2.75, 3.05) is 18.1 Å². The molecule has 2 rings (SSSR count). The van der Waals surface area contributed by atoms with Gasteiger partial charge >= 0.3 is 6.01 Å². The van der Waals surface area contributed by atoms with Gasteiger partial charge in [-0.3, -0.25) is 0 Å². The van der Waals surface area contributed by atoms with Gasteiger partial charge in [-0.15, -0.1) is 5.10 Å². The molecule has 0 aromatic carbocycles. The van der Waals surface area contributed by atoms with E-state index in [1.165, 1.54) is 0 Å². The molecule has 0 saturated heterocycles. The normalized spacial score (nSPS) is 15.9. The summed E-state index contributed by atoms with van der Waals surface area (Å²) in [4.78, 5) is 1.94. The van der Waals surface area contributed by atoms with Gasteiger partial charge in [0.2, 0.25) is 5.89 Å². The highest BCUT2D eigenvalue weighted by Gasteiger charge is 2.31. The van der Waals surface area contributed by atoms with Crippen LogP contribution in [0.25, 0.3) is 0 Å². The highest BCUT2D eigenvalue weighted by Crippen LogP contribution is 2.30. The molecule has 0 radical (unpaired) electrons. The van der Waals surface area contributed by atoms with Gasteiger partial charge in [0.05, 0.1) is 13.2 Å². The molecule has 78 valence electrons. The molecule has 0 amide bonds. The molecular formula is C8H14N4O2.